The molecule has 0 atom stereocenters. The van der Waals surface area contributed by atoms with E-state index in [0.29, 0.717) is 17.4 Å². The maximum Gasteiger partial charge on any atom is 0.129 e. The number of rotatable bonds is 5. The van der Waals surface area contributed by atoms with Gasteiger partial charge in [0, 0.05) is 19.8 Å². The lowest BCUT2D eigenvalue weighted by molar-refractivity contribution is 0.736. The first kappa shape index (κ1) is 14.6. The van der Waals surface area contributed by atoms with Crippen molar-refractivity contribution in [2.24, 2.45) is 4.99 Å². The number of nitrogens with zero attached hydrogens (tertiary/aromatic N) is 2. The second-order valence-corrected chi connectivity index (χ2v) is 4.84. The fourth-order valence-corrected chi connectivity index (χ4v) is 2.12. The zero-order valence-corrected chi connectivity index (χ0v) is 12.1. The Balaban J connectivity index is 1.81. The molecule has 20 heavy (non-hydrogen) atoms. The van der Waals surface area contributed by atoms with Crippen LogP contribution in [0, 0.1) is 5.41 Å². The monoisotopic (exact) mass is 288 g/mol. The SMILES string of the molecule is CN=C1C(=N)C=CC=C1CNCCc1ccc(Cl)nc1. The molecule has 0 saturated heterocycles. The van der Waals surface area contributed by atoms with Crippen molar-refractivity contribution in [1.29, 1.82) is 5.41 Å². The molecule has 1 aliphatic rings. The van der Waals surface area contributed by atoms with Gasteiger partial charge in [0.1, 0.15) is 5.15 Å². The summed E-state index contributed by atoms with van der Waals surface area (Å²) in [5.74, 6) is 0. The second kappa shape index (κ2) is 7.12. The van der Waals surface area contributed by atoms with Gasteiger partial charge in [-0.05, 0) is 36.2 Å². The molecule has 5 heteroatoms. The number of hydrogen-bond acceptors (Lipinski definition) is 4. The fourth-order valence-electron chi connectivity index (χ4n) is 2.01. The van der Waals surface area contributed by atoms with Crippen molar-refractivity contribution in [2.75, 3.05) is 20.1 Å². The van der Waals surface area contributed by atoms with E-state index < -0.39 is 0 Å². The van der Waals surface area contributed by atoms with Crippen LogP contribution in [-0.2, 0) is 6.42 Å². The summed E-state index contributed by atoms with van der Waals surface area (Å²) in [6.45, 7) is 1.55. The minimum atomic E-state index is 0.466. The number of allylic oxidation sites excluding steroid dienone is 3. The maximum absolute atomic E-state index is 7.80. The third-order valence-corrected chi connectivity index (χ3v) is 3.26. The Morgan fingerprint density at radius 2 is 2.25 bits per heavy atom. The summed E-state index contributed by atoms with van der Waals surface area (Å²) in [4.78, 5) is 8.22. The smallest absolute Gasteiger partial charge is 0.129 e. The first-order valence-corrected chi connectivity index (χ1v) is 6.83. The number of pyridine rings is 1. The van der Waals surface area contributed by atoms with Gasteiger partial charge in [0.15, 0.2) is 0 Å². The second-order valence-electron chi connectivity index (χ2n) is 4.45. The van der Waals surface area contributed by atoms with Gasteiger partial charge in [0.25, 0.3) is 0 Å². The Labute approximate surface area is 123 Å². The van der Waals surface area contributed by atoms with Crippen LogP contribution < -0.4 is 5.32 Å². The van der Waals surface area contributed by atoms with Crippen LogP contribution >= 0.6 is 11.6 Å². The van der Waals surface area contributed by atoms with Crippen molar-refractivity contribution in [1.82, 2.24) is 10.3 Å². The molecule has 0 spiro atoms. The zero-order chi connectivity index (χ0) is 14.4. The largest absolute Gasteiger partial charge is 0.312 e. The Kier molecular flexibility index (Phi) is 5.21. The molecule has 2 N–H and O–H groups in total. The van der Waals surface area contributed by atoms with Crippen LogP contribution in [-0.4, -0.2) is 36.5 Å². The number of aliphatic imine (C=N–C) groups is 1. The van der Waals surface area contributed by atoms with Gasteiger partial charge in [-0.25, -0.2) is 4.98 Å². The highest BCUT2D eigenvalue weighted by Crippen LogP contribution is 2.07. The van der Waals surface area contributed by atoms with E-state index in [0.717, 1.165) is 29.8 Å². The van der Waals surface area contributed by atoms with Gasteiger partial charge >= 0.3 is 0 Å². The summed E-state index contributed by atoms with van der Waals surface area (Å²) < 4.78 is 0. The van der Waals surface area contributed by atoms with Crippen LogP contribution in [0.15, 0.2) is 47.1 Å². The lowest BCUT2D eigenvalue weighted by Gasteiger charge is -2.13. The van der Waals surface area contributed by atoms with E-state index in [1.165, 1.54) is 0 Å². The molecule has 1 aliphatic carbocycles. The van der Waals surface area contributed by atoms with Crippen molar-refractivity contribution in [3.8, 4) is 0 Å². The molecular weight excluding hydrogens is 272 g/mol. The van der Waals surface area contributed by atoms with Gasteiger partial charge in [-0.3, -0.25) is 10.4 Å². The first-order valence-electron chi connectivity index (χ1n) is 6.45. The number of hydrogen-bond donors (Lipinski definition) is 2. The normalized spacial score (nSPS) is 16.6. The molecule has 0 unspecified atom stereocenters. The van der Waals surface area contributed by atoms with Crippen LogP contribution in [0.5, 0.6) is 0 Å². The van der Waals surface area contributed by atoms with Gasteiger partial charge in [0.05, 0.1) is 11.4 Å². The lowest BCUT2D eigenvalue weighted by Crippen LogP contribution is -2.27. The minimum Gasteiger partial charge on any atom is -0.312 e. The average molecular weight is 289 g/mol. The quantitative estimate of drug-likeness (QED) is 0.497. The Bertz CT molecular complexity index is 570. The molecule has 0 radical (unpaired) electrons. The van der Waals surface area contributed by atoms with Gasteiger partial charge in [0.2, 0.25) is 0 Å². The van der Waals surface area contributed by atoms with Crippen LogP contribution in [0.25, 0.3) is 0 Å². The molecule has 0 amide bonds. The average Bonchev–Trinajstić information content (AvgIpc) is 2.45. The van der Waals surface area contributed by atoms with E-state index in [2.05, 4.69) is 15.3 Å². The summed E-state index contributed by atoms with van der Waals surface area (Å²) >= 11 is 5.75. The van der Waals surface area contributed by atoms with Crippen LogP contribution in [0.4, 0.5) is 0 Å². The van der Waals surface area contributed by atoms with Gasteiger partial charge < -0.3 is 5.32 Å². The van der Waals surface area contributed by atoms with Gasteiger partial charge in [-0.15, -0.1) is 0 Å². The molecule has 0 saturated carbocycles. The fraction of sp³-hybridized carbons (Fsp3) is 0.267. The highest BCUT2D eigenvalue weighted by molar-refractivity contribution is 6.51. The van der Waals surface area contributed by atoms with E-state index in [1.807, 2.05) is 18.2 Å². The summed E-state index contributed by atoms with van der Waals surface area (Å²) in [7, 11) is 1.72. The molecule has 0 bridgehead atoms. The van der Waals surface area contributed by atoms with Crippen molar-refractivity contribution < 1.29 is 0 Å². The molecule has 0 aliphatic heterocycles. The van der Waals surface area contributed by atoms with E-state index in [9.17, 15) is 0 Å². The Hall–Kier alpha value is -1.78. The number of aromatic nitrogens is 1. The van der Waals surface area contributed by atoms with E-state index in [4.69, 9.17) is 17.0 Å². The zero-order valence-electron chi connectivity index (χ0n) is 11.4. The van der Waals surface area contributed by atoms with Crippen molar-refractivity contribution >= 4 is 23.0 Å². The van der Waals surface area contributed by atoms with Crippen LogP contribution in [0.1, 0.15) is 5.56 Å². The highest BCUT2D eigenvalue weighted by Gasteiger charge is 2.12. The number of nitrogens with one attached hydrogen (secondary N) is 2. The van der Waals surface area contributed by atoms with Gasteiger partial charge in [-0.1, -0.05) is 29.8 Å². The summed E-state index contributed by atoms with van der Waals surface area (Å²) in [6.07, 6.45) is 8.32. The molecule has 1 heterocycles. The molecule has 1 aromatic rings. The van der Waals surface area contributed by atoms with Crippen molar-refractivity contribution in [3.05, 3.63) is 52.8 Å². The van der Waals surface area contributed by atoms with Crippen molar-refractivity contribution in [2.45, 2.75) is 6.42 Å². The standard InChI is InChI=1S/C15H17ClN4/c1-18-15-12(3-2-4-13(15)17)10-19-8-7-11-5-6-14(16)20-9-11/h2-6,9,17,19H,7-8,10H2,1H3. The van der Waals surface area contributed by atoms with Gasteiger partial charge in [-0.2, -0.15) is 0 Å². The van der Waals surface area contributed by atoms with E-state index in [-0.39, 0.29) is 0 Å². The molecule has 4 nitrogen and oxygen atoms in total. The number of halogens is 1. The lowest BCUT2D eigenvalue weighted by atomic mass is 10.0. The van der Waals surface area contributed by atoms with E-state index in [1.54, 1.807) is 25.4 Å². The third-order valence-electron chi connectivity index (χ3n) is 3.04. The third kappa shape index (κ3) is 3.85. The molecule has 2 rings (SSSR count). The van der Waals surface area contributed by atoms with E-state index >= 15 is 0 Å². The molecule has 0 fully saturated rings. The Morgan fingerprint density at radius 3 is 2.95 bits per heavy atom. The highest BCUT2D eigenvalue weighted by atomic mass is 35.5. The first-order chi connectivity index (χ1) is 9.70. The van der Waals surface area contributed by atoms with Crippen LogP contribution in [0.2, 0.25) is 5.15 Å². The predicted molar refractivity (Wildman–Crippen MR) is 84.1 cm³/mol. The predicted octanol–water partition coefficient (Wildman–Crippen LogP) is 2.45. The molecule has 104 valence electrons. The molecule has 1 aromatic heterocycles. The Morgan fingerprint density at radius 1 is 1.40 bits per heavy atom. The summed E-state index contributed by atoms with van der Waals surface area (Å²) in [5.41, 5.74) is 3.42. The topological polar surface area (TPSA) is 61.1 Å². The summed E-state index contributed by atoms with van der Waals surface area (Å²) in [6, 6.07) is 3.78. The molecular formula is C15H17ClN4. The summed E-state index contributed by atoms with van der Waals surface area (Å²) in [5, 5.41) is 11.7. The van der Waals surface area contributed by atoms with Crippen LogP contribution in [0.3, 0.4) is 0 Å². The maximum atomic E-state index is 7.80. The van der Waals surface area contributed by atoms with Crippen molar-refractivity contribution in [3.63, 3.8) is 0 Å². The minimum absolute atomic E-state index is 0.466. The molecule has 0 aromatic carbocycles.